The van der Waals surface area contributed by atoms with Gasteiger partial charge in [0.15, 0.2) is 0 Å². The third kappa shape index (κ3) is 7.63. The van der Waals surface area contributed by atoms with Gasteiger partial charge in [0.1, 0.15) is 6.04 Å². The van der Waals surface area contributed by atoms with E-state index in [-0.39, 0.29) is 12.0 Å². The lowest BCUT2D eigenvalue weighted by Crippen LogP contribution is -2.41. The van der Waals surface area contributed by atoms with Crippen LogP contribution in [0.5, 0.6) is 0 Å². The molecule has 0 aliphatic heterocycles. The van der Waals surface area contributed by atoms with Crippen LogP contribution in [0.1, 0.15) is 26.7 Å². The Labute approximate surface area is 111 Å². The quantitative estimate of drug-likeness (QED) is 0.559. The highest BCUT2D eigenvalue weighted by Crippen LogP contribution is 1.99. The van der Waals surface area contributed by atoms with Crippen molar-refractivity contribution in [1.82, 2.24) is 10.2 Å². The maximum absolute atomic E-state index is 11.6. The Hall–Kier alpha value is -0.650. The summed E-state index contributed by atoms with van der Waals surface area (Å²) in [5.41, 5.74) is 0. The number of methoxy groups -OCH3 is 2. The second-order valence-electron chi connectivity index (χ2n) is 4.25. The Morgan fingerprint density at radius 2 is 2.00 bits per heavy atom. The van der Waals surface area contributed by atoms with Gasteiger partial charge in [-0.05, 0) is 25.9 Å². The fourth-order valence-electron chi connectivity index (χ4n) is 1.72. The Bertz CT molecular complexity index is 212. The van der Waals surface area contributed by atoms with E-state index in [1.165, 1.54) is 7.11 Å². The van der Waals surface area contributed by atoms with Crippen molar-refractivity contribution in [3.05, 3.63) is 0 Å². The van der Waals surface area contributed by atoms with Crippen molar-refractivity contribution in [2.24, 2.45) is 0 Å². The Kier molecular flexibility index (Phi) is 11.0. The summed E-state index contributed by atoms with van der Waals surface area (Å²) in [6, 6.07) is -0.202. The van der Waals surface area contributed by atoms with Crippen molar-refractivity contribution >= 4 is 5.97 Å². The van der Waals surface area contributed by atoms with E-state index in [2.05, 4.69) is 24.1 Å². The van der Waals surface area contributed by atoms with Gasteiger partial charge in [-0.1, -0.05) is 13.8 Å². The number of nitrogens with one attached hydrogen (secondary N) is 1. The molecule has 1 N–H and O–H groups in total. The van der Waals surface area contributed by atoms with E-state index in [4.69, 9.17) is 9.47 Å². The van der Waals surface area contributed by atoms with Crippen LogP contribution in [0.25, 0.3) is 0 Å². The summed E-state index contributed by atoms with van der Waals surface area (Å²) in [6.45, 7) is 8.49. The summed E-state index contributed by atoms with van der Waals surface area (Å²) < 4.78 is 9.88. The number of nitrogens with zero attached hydrogens (tertiary/aromatic N) is 1. The zero-order chi connectivity index (χ0) is 13.8. The van der Waals surface area contributed by atoms with E-state index in [0.29, 0.717) is 0 Å². The molecule has 0 aliphatic rings. The number of hydrogen-bond donors (Lipinski definition) is 1. The highest BCUT2D eigenvalue weighted by atomic mass is 16.5. The SMILES string of the molecule is CCCNC(CCN(CC)CCOC)C(=O)OC. The van der Waals surface area contributed by atoms with Gasteiger partial charge in [-0.3, -0.25) is 4.79 Å². The predicted molar refractivity (Wildman–Crippen MR) is 72.7 cm³/mol. The first-order chi connectivity index (χ1) is 8.69. The van der Waals surface area contributed by atoms with Gasteiger partial charge in [-0.25, -0.2) is 0 Å². The molecule has 0 spiro atoms. The van der Waals surface area contributed by atoms with Crippen LogP contribution < -0.4 is 5.32 Å². The van der Waals surface area contributed by atoms with Crippen LogP contribution in [0.2, 0.25) is 0 Å². The highest BCUT2D eigenvalue weighted by molar-refractivity contribution is 5.75. The summed E-state index contributed by atoms with van der Waals surface area (Å²) in [4.78, 5) is 13.9. The van der Waals surface area contributed by atoms with Crippen molar-refractivity contribution in [3.8, 4) is 0 Å². The minimum atomic E-state index is -0.202. The normalized spacial score (nSPS) is 12.7. The lowest BCUT2D eigenvalue weighted by atomic mass is 10.2. The van der Waals surface area contributed by atoms with Crippen molar-refractivity contribution < 1.29 is 14.3 Å². The van der Waals surface area contributed by atoms with Gasteiger partial charge in [0.2, 0.25) is 0 Å². The van der Waals surface area contributed by atoms with E-state index < -0.39 is 0 Å². The number of rotatable bonds is 11. The van der Waals surface area contributed by atoms with Gasteiger partial charge >= 0.3 is 5.97 Å². The average Bonchev–Trinajstić information content (AvgIpc) is 2.41. The minimum absolute atomic E-state index is 0.175. The van der Waals surface area contributed by atoms with Crippen LogP contribution in [-0.2, 0) is 14.3 Å². The summed E-state index contributed by atoms with van der Waals surface area (Å²) in [5.74, 6) is -0.175. The molecule has 0 aromatic carbocycles. The molecule has 1 atom stereocenters. The molecule has 0 radical (unpaired) electrons. The molecule has 18 heavy (non-hydrogen) atoms. The molecular formula is C13H28N2O3. The second kappa shape index (κ2) is 11.4. The second-order valence-corrected chi connectivity index (χ2v) is 4.25. The van der Waals surface area contributed by atoms with E-state index >= 15 is 0 Å². The van der Waals surface area contributed by atoms with Crippen molar-refractivity contribution in [3.63, 3.8) is 0 Å². The van der Waals surface area contributed by atoms with E-state index in [1.54, 1.807) is 7.11 Å². The Balaban J connectivity index is 4.08. The molecule has 108 valence electrons. The topological polar surface area (TPSA) is 50.8 Å². The van der Waals surface area contributed by atoms with Crippen LogP contribution >= 0.6 is 0 Å². The average molecular weight is 260 g/mol. The fourth-order valence-corrected chi connectivity index (χ4v) is 1.72. The number of carbonyl (C=O) groups excluding carboxylic acids is 1. The molecule has 1 unspecified atom stereocenters. The van der Waals surface area contributed by atoms with Crippen molar-refractivity contribution in [2.45, 2.75) is 32.7 Å². The van der Waals surface area contributed by atoms with Crippen LogP contribution in [-0.4, -0.2) is 63.9 Å². The summed E-state index contributed by atoms with van der Waals surface area (Å²) in [5, 5.41) is 3.22. The number of hydrogen-bond acceptors (Lipinski definition) is 5. The van der Waals surface area contributed by atoms with Gasteiger partial charge in [0, 0.05) is 20.2 Å². The molecule has 0 aliphatic carbocycles. The standard InChI is InChI=1S/C13H28N2O3/c1-5-8-14-12(13(16)18-4)7-9-15(6-2)10-11-17-3/h12,14H,5-11H2,1-4H3. The van der Waals surface area contributed by atoms with Crippen molar-refractivity contribution in [2.75, 3.05) is 47.0 Å². The first-order valence-electron chi connectivity index (χ1n) is 6.72. The Morgan fingerprint density at radius 1 is 1.28 bits per heavy atom. The predicted octanol–water partition coefficient (Wildman–Crippen LogP) is 0.886. The van der Waals surface area contributed by atoms with E-state index in [1.807, 2.05) is 0 Å². The molecule has 0 saturated heterocycles. The third-order valence-electron chi connectivity index (χ3n) is 2.92. The zero-order valence-electron chi connectivity index (χ0n) is 12.2. The lowest BCUT2D eigenvalue weighted by Gasteiger charge is -2.23. The molecule has 0 rings (SSSR count). The van der Waals surface area contributed by atoms with Gasteiger partial charge in [-0.2, -0.15) is 0 Å². The molecule has 0 aromatic heterocycles. The molecule has 0 amide bonds. The maximum Gasteiger partial charge on any atom is 0.322 e. The molecule has 0 heterocycles. The van der Waals surface area contributed by atoms with Crippen LogP contribution in [0.15, 0.2) is 0 Å². The third-order valence-corrected chi connectivity index (χ3v) is 2.92. The van der Waals surface area contributed by atoms with Gasteiger partial charge in [-0.15, -0.1) is 0 Å². The first-order valence-corrected chi connectivity index (χ1v) is 6.72. The van der Waals surface area contributed by atoms with Crippen LogP contribution in [0.3, 0.4) is 0 Å². The number of ether oxygens (including phenoxy) is 2. The van der Waals surface area contributed by atoms with Gasteiger partial charge in [0.05, 0.1) is 13.7 Å². The summed E-state index contributed by atoms with van der Waals surface area (Å²) in [6.07, 6.45) is 1.78. The number of esters is 1. The molecule has 5 heteroatoms. The summed E-state index contributed by atoms with van der Waals surface area (Å²) >= 11 is 0. The lowest BCUT2D eigenvalue weighted by molar-refractivity contribution is -0.143. The smallest absolute Gasteiger partial charge is 0.322 e. The highest BCUT2D eigenvalue weighted by Gasteiger charge is 2.18. The molecule has 5 nitrogen and oxygen atoms in total. The maximum atomic E-state index is 11.6. The van der Waals surface area contributed by atoms with Crippen LogP contribution in [0.4, 0.5) is 0 Å². The molecule has 0 saturated carbocycles. The number of likely N-dealkylation sites (N-methyl/N-ethyl adjacent to an activating group) is 1. The van der Waals surface area contributed by atoms with Crippen LogP contribution in [0, 0.1) is 0 Å². The molecule has 0 bridgehead atoms. The monoisotopic (exact) mass is 260 g/mol. The van der Waals surface area contributed by atoms with E-state index in [9.17, 15) is 4.79 Å². The molecular weight excluding hydrogens is 232 g/mol. The van der Waals surface area contributed by atoms with Crippen molar-refractivity contribution in [1.29, 1.82) is 0 Å². The first kappa shape index (κ1) is 17.4. The largest absolute Gasteiger partial charge is 0.468 e. The molecule has 0 aromatic rings. The minimum Gasteiger partial charge on any atom is -0.468 e. The van der Waals surface area contributed by atoms with E-state index in [0.717, 1.165) is 45.6 Å². The summed E-state index contributed by atoms with van der Waals surface area (Å²) in [7, 11) is 3.14. The van der Waals surface area contributed by atoms with Gasteiger partial charge in [0.25, 0.3) is 0 Å². The number of carbonyl (C=O) groups is 1. The molecule has 0 fully saturated rings. The van der Waals surface area contributed by atoms with Gasteiger partial charge < -0.3 is 19.7 Å². The Morgan fingerprint density at radius 3 is 2.50 bits per heavy atom. The fraction of sp³-hybridized carbons (Fsp3) is 0.923. The zero-order valence-corrected chi connectivity index (χ0v) is 12.2.